The van der Waals surface area contributed by atoms with E-state index in [-0.39, 0.29) is 5.79 Å². The Bertz CT molecular complexity index is 104. The Balaban J connectivity index is 2.31. The molecule has 2 nitrogen and oxygen atoms in total. The third kappa shape index (κ3) is 2.15. The molecule has 0 bridgehead atoms. The van der Waals surface area contributed by atoms with E-state index in [0.29, 0.717) is 5.25 Å². The summed E-state index contributed by atoms with van der Waals surface area (Å²) < 4.78 is 10.9. The second kappa shape index (κ2) is 3.11. The van der Waals surface area contributed by atoms with Gasteiger partial charge in [0.15, 0.2) is 5.79 Å². The number of hydrogen-bond donors (Lipinski definition) is 0. The van der Waals surface area contributed by atoms with Crippen LogP contribution in [0.4, 0.5) is 0 Å². The van der Waals surface area contributed by atoms with Gasteiger partial charge in [0.2, 0.25) is 0 Å². The number of hydrogen-bond acceptors (Lipinski definition) is 3. The van der Waals surface area contributed by atoms with Gasteiger partial charge in [0.05, 0.1) is 18.5 Å². The molecule has 0 spiro atoms. The summed E-state index contributed by atoms with van der Waals surface area (Å²) >= 11 is 1.80. The van der Waals surface area contributed by atoms with Crippen molar-refractivity contribution in [1.82, 2.24) is 0 Å². The Hall–Kier alpha value is 0.270. The van der Waals surface area contributed by atoms with E-state index in [2.05, 4.69) is 6.26 Å². The summed E-state index contributed by atoms with van der Waals surface area (Å²) in [6.45, 7) is 5.52. The van der Waals surface area contributed by atoms with Gasteiger partial charge in [-0.3, -0.25) is 0 Å². The molecular formula is C7H14O2S. The minimum absolute atomic E-state index is 0.355. The minimum atomic E-state index is -0.355. The summed E-state index contributed by atoms with van der Waals surface area (Å²) in [6.07, 6.45) is 2.08. The summed E-state index contributed by atoms with van der Waals surface area (Å²) in [6, 6.07) is 0. The van der Waals surface area contributed by atoms with Gasteiger partial charge < -0.3 is 9.47 Å². The molecule has 1 saturated heterocycles. The van der Waals surface area contributed by atoms with Gasteiger partial charge in [0, 0.05) is 0 Å². The highest BCUT2D eigenvalue weighted by atomic mass is 32.2. The van der Waals surface area contributed by atoms with Gasteiger partial charge in [-0.25, -0.2) is 0 Å². The maximum absolute atomic E-state index is 5.43. The Morgan fingerprint density at radius 2 is 1.80 bits per heavy atom. The van der Waals surface area contributed by atoms with Gasteiger partial charge in [0.1, 0.15) is 0 Å². The van der Waals surface area contributed by atoms with Gasteiger partial charge in [-0.1, -0.05) is 0 Å². The first-order chi connectivity index (χ1) is 4.64. The molecule has 1 aliphatic rings. The predicted octanol–water partition coefficient (Wildman–Crippen LogP) is 1.50. The van der Waals surface area contributed by atoms with Crippen molar-refractivity contribution in [2.45, 2.75) is 24.9 Å². The second-order valence-electron chi connectivity index (χ2n) is 2.88. The Morgan fingerprint density at radius 1 is 1.30 bits per heavy atom. The first-order valence-electron chi connectivity index (χ1n) is 3.45. The summed E-state index contributed by atoms with van der Waals surface area (Å²) in [4.78, 5) is 0. The molecular weight excluding hydrogens is 148 g/mol. The van der Waals surface area contributed by atoms with Crippen molar-refractivity contribution in [3.05, 3.63) is 0 Å². The molecule has 0 aromatic rings. The molecule has 1 rings (SSSR count). The molecule has 1 fully saturated rings. The highest BCUT2D eigenvalue weighted by Crippen LogP contribution is 2.22. The molecule has 0 aromatic carbocycles. The molecule has 0 N–H and O–H groups in total. The Labute approximate surface area is 66.3 Å². The first kappa shape index (κ1) is 8.37. The third-order valence-corrected chi connectivity index (χ3v) is 2.51. The summed E-state index contributed by atoms with van der Waals surface area (Å²) in [5.74, 6) is -0.355. The monoisotopic (exact) mass is 162 g/mol. The molecule has 0 atom stereocenters. The van der Waals surface area contributed by atoms with Gasteiger partial charge in [-0.2, -0.15) is 11.8 Å². The van der Waals surface area contributed by atoms with Crippen molar-refractivity contribution in [2.75, 3.05) is 19.5 Å². The van der Waals surface area contributed by atoms with Crippen LogP contribution in [-0.4, -0.2) is 30.5 Å². The normalized spacial score (nSPS) is 26.7. The molecule has 0 aliphatic carbocycles. The van der Waals surface area contributed by atoms with Gasteiger partial charge in [-0.05, 0) is 20.1 Å². The van der Waals surface area contributed by atoms with Gasteiger partial charge in [0.25, 0.3) is 0 Å². The van der Waals surface area contributed by atoms with E-state index < -0.39 is 0 Å². The SMILES string of the molecule is CSC1COC(C)(C)OC1. The fraction of sp³-hybridized carbons (Fsp3) is 1.00. The highest BCUT2D eigenvalue weighted by Gasteiger charge is 2.27. The standard InChI is InChI=1S/C7H14O2S/c1-7(2)8-4-6(10-3)5-9-7/h6H,4-5H2,1-3H3. The second-order valence-corrected chi connectivity index (χ2v) is 4.02. The topological polar surface area (TPSA) is 18.5 Å². The van der Waals surface area contributed by atoms with E-state index in [1.54, 1.807) is 11.8 Å². The van der Waals surface area contributed by atoms with Crippen molar-refractivity contribution in [1.29, 1.82) is 0 Å². The molecule has 3 heteroatoms. The molecule has 1 aliphatic heterocycles. The van der Waals surface area contributed by atoms with Crippen molar-refractivity contribution in [3.63, 3.8) is 0 Å². The van der Waals surface area contributed by atoms with Crippen LogP contribution in [0.3, 0.4) is 0 Å². The van der Waals surface area contributed by atoms with Crippen LogP contribution in [0.1, 0.15) is 13.8 Å². The maximum Gasteiger partial charge on any atom is 0.162 e. The van der Waals surface area contributed by atoms with Gasteiger partial charge in [-0.15, -0.1) is 0 Å². The number of ether oxygens (including phenoxy) is 2. The van der Waals surface area contributed by atoms with E-state index >= 15 is 0 Å². The highest BCUT2D eigenvalue weighted by molar-refractivity contribution is 7.99. The lowest BCUT2D eigenvalue weighted by Gasteiger charge is -2.34. The van der Waals surface area contributed by atoms with E-state index in [0.717, 1.165) is 13.2 Å². The summed E-state index contributed by atoms with van der Waals surface area (Å²) in [7, 11) is 0. The Kier molecular flexibility index (Phi) is 2.61. The van der Waals surface area contributed by atoms with E-state index in [9.17, 15) is 0 Å². The average molecular weight is 162 g/mol. The molecule has 1 heterocycles. The van der Waals surface area contributed by atoms with Crippen LogP contribution in [0.5, 0.6) is 0 Å². The van der Waals surface area contributed by atoms with E-state index in [1.807, 2.05) is 13.8 Å². The first-order valence-corrected chi connectivity index (χ1v) is 4.73. The van der Waals surface area contributed by atoms with Crippen LogP contribution in [-0.2, 0) is 9.47 Å². The van der Waals surface area contributed by atoms with Gasteiger partial charge >= 0.3 is 0 Å². The zero-order valence-corrected chi connectivity index (χ0v) is 7.53. The van der Waals surface area contributed by atoms with Crippen molar-refractivity contribution in [2.24, 2.45) is 0 Å². The van der Waals surface area contributed by atoms with Crippen LogP contribution in [0.15, 0.2) is 0 Å². The largest absolute Gasteiger partial charge is 0.349 e. The quantitative estimate of drug-likeness (QED) is 0.582. The fourth-order valence-electron chi connectivity index (χ4n) is 0.813. The molecule has 60 valence electrons. The smallest absolute Gasteiger partial charge is 0.162 e. The molecule has 0 radical (unpaired) electrons. The average Bonchev–Trinajstić information content (AvgIpc) is 1.88. The third-order valence-electron chi connectivity index (χ3n) is 1.57. The molecule has 0 saturated carbocycles. The van der Waals surface area contributed by atoms with Crippen molar-refractivity contribution >= 4 is 11.8 Å². The lowest BCUT2D eigenvalue weighted by atomic mass is 10.3. The van der Waals surface area contributed by atoms with E-state index in [1.165, 1.54) is 0 Å². The molecule has 0 amide bonds. The number of thioether (sulfide) groups is 1. The van der Waals surface area contributed by atoms with Crippen LogP contribution < -0.4 is 0 Å². The number of rotatable bonds is 1. The predicted molar refractivity (Wildman–Crippen MR) is 43.3 cm³/mol. The van der Waals surface area contributed by atoms with Crippen molar-refractivity contribution in [3.8, 4) is 0 Å². The maximum atomic E-state index is 5.43. The van der Waals surface area contributed by atoms with Crippen LogP contribution in [0, 0.1) is 0 Å². The summed E-state index contributed by atoms with van der Waals surface area (Å²) in [5, 5.41) is 0.521. The lowest BCUT2D eigenvalue weighted by Crippen LogP contribution is -2.40. The van der Waals surface area contributed by atoms with Crippen molar-refractivity contribution < 1.29 is 9.47 Å². The summed E-state index contributed by atoms with van der Waals surface area (Å²) in [5.41, 5.74) is 0. The minimum Gasteiger partial charge on any atom is -0.349 e. The van der Waals surface area contributed by atoms with Crippen LogP contribution in [0.25, 0.3) is 0 Å². The lowest BCUT2D eigenvalue weighted by molar-refractivity contribution is -0.241. The fourth-order valence-corrected chi connectivity index (χ4v) is 1.22. The molecule has 0 aromatic heterocycles. The zero-order chi connectivity index (χ0) is 7.61. The van der Waals surface area contributed by atoms with Crippen LogP contribution >= 0.6 is 11.8 Å². The molecule has 0 unspecified atom stereocenters. The van der Waals surface area contributed by atoms with Crippen LogP contribution in [0.2, 0.25) is 0 Å². The Morgan fingerprint density at radius 3 is 2.20 bits per heavy atom. The zero-order valence-electron chi connectivity index (χ0n) is 6.72. The van der Waals surface area contributed by atoms with E-state index in [4.69, 9.17) is 9.47 Å². The molecule has 10 heavy (non-hydrogen) atoms.